The Kier molecular flexibility index (Phi) is 6.04. The second-order valence-electron chi connectivity index (χ2n) is 4.99. The van der Waals surface area contributed by atoms with E-state index in [9.17, 15) is 13.2 Å². The Balaban J connectivity index is 3.07. The van der Waals surface area contributed by atoms with Crippen molar-refractivity contribution in [2.75, 3.05) is 6.54 Å². The summed E-state index contributed by atoms with van der Waals surface area (Å²) in [6.45, 7) is 6.44. The molecule has 1 amide bonds. The Morgan fingerprint density at radius 3 is 2.38 bits per heavy atom. The van der Waals surface area contributed by atoms with Crippen LogP contribution in [0.25, 0.3) is 0 Å². The summed E-state index contributed by atoms with van der Waals surface area (Å²) >= 11 is 12.1. The first-order chi connectivity index (χ1) is 9.56. The summed E-state index contributed by atoms with van der Waals surface area (Å²) in [5.41, 5.74) is 0.906. The zero-order chi connectivity index (χ0) is 16.4. The number of aryl methyl sites for hydroxylation is 1. The molecule has 0 saturated heterocycles. The van der Waals surface area contributed by atoms with Gasteiger partial charge in [0.15, 0.2) is 0 Å². The van der Waals surface area contributed by atoms with Gasteiger partial charge in [0.25, 0.3) is 0 Å². The Morgan fingerprint density at radius 1 is 1.29 bits per heavy atom. The molecule has 0 bridgehead atoms. The van der Waals surface area contributed by atoms with Crippen molar-refractivity contribution < 1.29 is 13.2 Å². The molecule has 0 fully saturated rings. The van der Waals surface area contributed by atoms with E-state index in [1.807, 2.05) is 0 Å². The second-order valence-corrected chi connectivity index (χ2v) is 7.48. The first-order valence-corrected chi connectivity index (χ1v) is 8.54. The summed E-state index contributed by atoms with van der Waals surface area (Å²) in [5, 5.41) is 3.01. The average molecular weight is 353 g/mol. The van der Waals surface area contributed by atoms with E-state index in [4.69, 9.17) is 23.2 Å². The van der Waals surface area contributed by atoms with Gasteiger partial charge in [-0.25, -0.2) is 13.1 Å². The van der Waals surface area contributed by atoms with Crippen LogP contribution in [0.2, 0.25) is 10.0 Å². The first-order valence-electron chi connectivity index (χ1n) is 6.30. The number of hydrogen-bond acceptors (Lipinski definition) is 3. The number of nitrogens with one attached hydrogen (secondary N) is 2. The van der Waals surface area contributed by atoms with Gasteiger partial charge in [0, 0.05) is 11.1 Å². The number of benzene rings is 1. The van der Waals surface area contributed by atoms with Gasteiger partial charge in [-0.3, -0.25) is 4.79 Å². The minimum Gasteiger partial charge on any atom is -0.353 e. The van der Waals surface area contributed by atoms with E-state index in [-0.39, 0.29) is 22.5 Å². The lowest BCUT2D eigenvalue weighted by atomic mass is 10.2. The van der Waals surface area contributed by atoms with Gasteiger partial charge >= 0.3 is 0 Å². The fourth-order valence-corrected chi connectivity index (χ4v) is 3.93. The topological polar surface area (TPSA) is 75.3 Å². The van der Waals surface area contributed by atoms with Gasteiger partial charge in [0.05, 0.1) is 11.6 Å². The highest BCUT2D eigenvalue weighted by Gasteiger charge is 2.24. The van der Waals surface area contributed by atoms with Crippen molar-refractivity contribution in [3.63, 3.8) is 0 Å². The maximum absolute atomic E-state index is 12.3. The first kappa shape index (κ1) is 18.2. The highest BCUT2D eigenvalue weighted by Crippen LogP contribution is 2.33. The van der Waals surface area contributed by atoms with Crippen molar-refractivity contribution in [1.29, 1.82) is 0 Å². The summed E-state index contributed by atoms with van der Waals surface area (Å²) in [6.07, 6.45) is 0. The van der Waals surface area contributed by atoms with Crippen LogP contribution < -0.4 is 10.0 Å². The third-order valence-corrected chi connectivity index (χ3v) is 5.29. The fourth-order valence-electron chi connectivity index (χ4n) is 1.74. The number of carbonyl (C=O) groups excluding carboxylic acids is 1. The largest absolute Gasteiger partial charge is 0.353 e. The molecule has 0 heterocycles. The van der Waals surface area contributed by atoms with Crippen LogP contribution in [0.5, 0.6) is 0 Å². The van der Waals surface area contributed by atoms with Crippen molar-refractivity contribution in [2.24, 2.45) is 0 Å². The van der Waals surface area contributed by atoms with Gasteiger partial charge in [0.2, 0.25) is 15.9 Å². The van der Waals surface area contributed by atoms with Crippen molar-refractivity contribution in [2.45, 2.75) is 38.6 Å². The second kappa shape index (κ2) is 6.96. The highest BCUT2D eigenvalue weighted by molar-refractivity contribution is 7.89. The molecule has 118 valence electrons. The standard InChI is InChI=1S/C13H18Cl2N2O3S/c1-7(2)17-11(18)6-16-21(19,20)13-9(4)10(14)5-8(3)12(13)15/h5,7,16H,6H2,1-4H3,(H,17,18). The molecule has 1 aromatic rings. The lowest BCUT2D eigenvalue weighted by Crippen LogP contribution is -2.40. The molecule has 0 saturated carbocycles. The van der Waals surface area contributed by atoms with Crippen molar-refractivity contribution in [3.8, 4) is 0 Å². The monoisotopic (exact) mass is 352 g/mol. The molecule has 0 aliphatic heterocycles. The van der Waals surface area contributed by atoms with Crippen LogP contribution in [0.3, 0.4) is 0 Å². The Bertz CT molecular complexity index is 632. The molecule has 1 rings (SSSR count). The van der Waals surface area contributed by atoms with Crippen LogP contribution in [0.15, 0.2) is 11.0 Å². The Labute approximate surface area is 135 Å². The number of amides is 1. The molecular formula is C13H18Cl2N2O3S. The minimum absolute atomic E-state index is 0.0688. The summed E-state index contributed by atoms with van der Waals surface area (Å²) in [6, 6.07) is 1.53. The van der Waals surface area contributed by atoms with Gasteiger partial charge in [-0.05, 0) is 44.9 Å². The predicted octanol–water partition coefficient (Wildman–Crippen LogP) is 2.41. The fraction of sp³-hybridized carbons (Fsp3) is 0.462. The zero-order valence-electron chi connectivity index (χ0n) is 12.3. The van der Waals surface area contributed by atoms with E-state index in [2.05, 4.69) is 10.0 Å². The number of carbonyl (C=O) groups is 1. The van der Waals surface area contributed by atoms with Crippen molar-refractivity contribution >= 4 is 39.1 Å². The SMILES string of the molecule is Cc1cc(Cl)c(C)c(S(=O)(=O)NCC(=O)NC(C)C)c1Cl. The van der Waals surface area contributed by atoms with Crippen molar-refractivity contribution in [1.82, 2.24) is 10.0 Å². The minimum atomic E-state index is -3.92. The molecule has 1 aromatic carbocycles. The molecular weight excluding hydrogens is 335 g/mol. The molecule has 5 nitrogen and oxygen atoms in total. The quantitative estimate of drug-likeness (QED) is 0.854. The van der Waals surface area contributed by atoms with E-state index < -0.39 is 15.9 Å². The third-order valence-electron chi connectivity index (χ3n) is 2.73. The lowest BCUT2D eigenvalue weighted by molar-refractivity contribution is -0.120. The van der Waals surface area contributed by atoms with Gasteiger partial charge in [-0.1, -0.05) is 23.2 Å². The molecule has 0 aromatic heterocycles. The number of halogens is 2. The average Bonchev–Trinajstić information content (AvgIpc) is 2.33. The number of sulfonamides is 1. The Morgan fingerprint density at radius 2 is 1.86 bits per heavy atom. The van der Waals surface area contributed by atoms with E-state index in [1.165, 1.54) is 0 Å². The van der Waals surface area contributed by atoms with E-state index in [0.29, 0.717) is 16.1 Å². The van der Waals surface area contributed by atoms with Crippen LogP contribution in [0, 0.1) is 13.8 Å². The maximum Gasteiger partial charge on any atom is 0.242 e. The van der Waals surface area contributed by atoms with Crippen LogP contribution in [0.1, 0.15) is 25.0 Å². The highest BCUT2D eigenvalue weighted by atomic mass is 35.5. The third kappa shape index (κ3) is 4.57. The lowest BCUT2D eigenvalue weighted by Gasteiger charge is -2.14. The van der Waals surface area contributed by atoms with Gasteiger partial charge in [0.1, 0.15) is 4.90 Å². The van der Waals surface area contributed by atoms with Gasteiger partial charge in [-0.2, -0.15) is 0 Å². The molecule has 0 spiro atoms. The van der Waals surface area contributed by atoms with Crippen LogP contribution in [-0.2, 0) is 14.8 Å². The smallest absolute Gasteiger partial charge is 0.242 e. The van der Waals surface area contributed by atoms with Crippen molar-refractivity contribution in [3.05, 3.63) is 27.2 Å². The van der Waals surface area contributed by atoms with Crippen LogP contribution in [0.4, 0.5) is 0 Å². The summed E-state index contributed by atoms with van der Waals surface area (Å²) < 4.78 is 26.9. The molecule has 8 heteroatoms. The van der Waals surface area contributed by atoms with E-state index >= 15 is 0 Å². The van der Waals surface area contributed by atoms with E-state index in [1.54, 1.807) is 33.8 Å². The maximum atomic E-state index is 12.3. The zero-order valence-corrected chi connectivity index (χ0v) is 14.6. The van der Waals surface area contributed by atoms with Gasteiger partial charge in [-0.15, -0.1) is 0 Å². The van der Waals surface area contributed by atoms with Crippen LogP contribution in [-0.4, -0.2) is 26.9 Å². The molecule has 0 aliphatic carbocycles. The van der Waals surface area contributed by atoms with Crippen LogP contribution >= 0.6 is 23.2 Å². The predicted molar refractivity (Wildman–Crippen MR) is 84.4 cm³/mol. The molecule has 0 radical (unpaired) electrons. The summed E-state index contributed by atoms with van der Waals surface area (Å²) in [7, 11) is -3.92. The summed E-state index contributed by atoms with van der Waals surface area (Å²) in [4.78, 5) is 11.4. The Hall–Kier alpha value is -0.820. The molecule has 0 atom stereocenters. The molecule has 0 aliphatic rings. The molecule has 0 unspecified atom stereocenters. The molecule has 21 heavy (non-hydrogen) atoms. The normalized spacial score (nSPS) is 11.8. The summed E-state index contributed by atoms with van der Waals surface area (Å²) in [5.74, 6) is -0.416. The number of hydrogen-bond donors (Lipinski definition) is 2. The van der Waals surface area contributed by atoms with E-state index in [0.717, 1.165) is 0 Å². The molecule has 2 N–H and O–H groups in total. The van der Waals surface area contributed by atoms with Gasteiger partial charge < -0.3 is 5.32 Å². The number of rotatable bonds is 5.